The summed E-state index contributed by atoms with van der Waals surface area (Å²) in [5, 5.41) is 15.5. The van der Waals surface area contributed by atoms with Crippen molar-refractivity contribution >= 4 is 31.0 Å². The highest BCUT2D eigenvalue weighted by molar-refractivity contribution is 6.76. The Bertz CT molecular complexity index is 886. The number of nitrogens with zero attached hydrogens (tertiary/aromatic N) is 4. The first kappa shape index (κ1) is 22.2. The highest BCUT2D eigenvalue weighted by Gasteiger charge is 2.30. The minimum atomic E-state index is -2.98. The van der Waals surface area contributed by atoms with Crippen molar-refractivity contribution in [2.45, 2.75) is 45.8 Å². The van der Waals surface area contributed by atoms with E-state index in [-0.39, 0.29) is 40.2 Å². The van der Waals surface area contributed by atoms with Gasteiger partial charge in [0.2, 0.25) is 0 Å². The third-order valence-electron chi connectivity index (χ3n) is 4.01. The van der Waals surface area contributed by atoms with E-state index >= 15 is 0 Å². The van der Waals surface area contributed by atoms with Crippen molar-refractivity contribution in [2.75, 3.05) is 12.3 Å². The lowest BCUT2D eigenvalue weighted by Gasteiger charge is -2.16. The molecule has 2 aromatic heterocycles. The summed E-state index contributed by atoms with van der Waals surface area (Å²) in [5.74, 6) is 0. The third kappa shape index (κ3) is 5.03. The zero-order valence-corrected chi connectivity index (χ0v) is 17.8. The molecule has 0 bridgehead atoms. The van der Waals surface area contributed by atoms with Gasteiger partial charge in [0.1, 0.15) is 23.3 Å². The van der Waals surface area contributed by atoms with Crippen molar-refractivity contribution in [3.8, 4) is 11.3 Å². The molecule has 0 fully saturated rings. The van der Waals surface area contributed by atoms with Gasteiger partial charge in [0.15, 0.2) is 5.69 Å². The van der Waals surface area contributed by atoms with Crippen LogP contribution in [0.3, 0.4) is 0 Å². The van der Waals surface area contributed by atoms with Crippen molar-refractivity contribution in [2.24, 2.45) is 0 Å². The Balaban J connectivity index is 2.52. The minimum absolute atomic E-state index is 0.0311. The van der Waals surface area contributed by atoms with Gasteiger partial charge in [0.25, 0.3) is 6.43 Å². The van der Waals surface area contributed by atoms with E-state index in [1.54, 1.807) is 0 Å². The number of anilines is 1. The molecule has 0 aliphatic rings. The van der Waals surface area contributed by atoms with Crippen LogP contribution in [0.4, 0.5) is 20.2 Å². The zero-order valence-electron chi connectivity index (χ0n) is 16.0. The topological polar surface area (TPSA) is 109 Å². The van der Waals surface area contributed by atoms with Gasteiger partial charge in [-0.15, -0.1) is 0 Å². The van der Waals surface area contributed by atoms with Crippen LogP contribution < -0.4 is 5.73 Å². The molecule has 28 heavy (non-hydrogen) atoms. The summed E-state index contributed by atoms with van der Waals surface area (Å²) in [6.45, 7) is 8.39. The SMILES string of the molecule is Cc1nn(COCC[Si](C)(C)C)c(-c2cc(Cl)nc(C(F)F)c2N)c1[N+](=O)[O-]. The van der Waals surface area contributed by atoms with Crippen molar-refractivity contribution in [3.63, 3.8) is 0 Å². The summed E-state index contributed by atoms with van der Waals surface area (Å²) in [6.07, 6.45) is -2.98. The van der Waals surface area contributed by atoms with Crippen molar-refractivity contribution in [3.05, 3.63) is 32.7 Å². The fourth-order valence-electron chi connectivity index (χ4n) is 2.58. The molecule has 2 rings (SSSR count). The van der Waals surface area contributed by atoms with E-state index < -0.39 is 25.1 Å². The highest BCUT2D eigenvalue weighted by Crippen LogP contribution is 2.40. The number of halogens is 3. The van der Waals surface area contributed by atoms with Gasteiger partial charge in [-0.25, -0.2) is 18.4 Å². The molecule has 0 atom stereocenters. The van der Waals surface area contributed by atoms with Crippen LogP contribution in [-0.2, 0) is 11.5 Å². The van der Waals surface area contributed by atoms with Crippen molar-refractivity contribution in [1.82, 2.24) is 14.8 Å². The van der Waals surface area contributed by atoms with E-state index in [4.69, 9.17) is 22.1 Å². The molecule has 0 spiro atoms. The standard InChI is InChI=1S/C16H22ClF2N5O3Si/c1-9-14(24(25)26)15(23(22-9)8-27-5-6-28(2,3)4)10-7-11(17)21-13(12(10)20)16(18)19/h7,16H,5-6,8,20H2,1-4H3. The predicted octanol–water partition coefficient (Wildman–Crippen LogP) is 4.65. The molecule has 2 N–H and O–H groups in total. The number of hydrogen-bond donors (Lipinski definition) is 1. The van der Waals surface area contributed by atoms with Crippen LogP contribution in [0.1, 0.15) is 17.8 Å². The largest absolute Gasteiger partial charge is 0.397 e. The number of aromatic nitrogens is 3. The van der Waals surface area contributed by atoms with E-state index in [0.29, 0.717) is 6.61 Å². The molecule has 0 unspecified atom stereocenters. The Morgan fingerprint density at radius 3 is 2.61 bits per heavy atom. The predicted molar refractivity (Wildman–Crippen MR) is 105 cm³/mol. The second-order valence-corrected chi connectivity index (χ2v) is 13.5. The van der Waals surface area contributed by atoms with Gasteiger partial charge in [-0.3, -0.25) is 10.1 Å². The first-order valence-electron chi connectivity index (χ1n) is 8.46. The van der Waals surface area contributed by atoms with E-state index in [2.05, 4.69) is 29.7 Å². The Kier molecular flexibility index (Phi) is 6.73. The van der Waals surface area contributed by atoms with Crippen molar-refractivity contribution < 1.29 is 18.4 Å². The lowest BCUT2D eigenvalue weighted by atomic mass is 10.1. The Morgan fingerprint density at radius 2 is 2.07 bits per heavy atom. The van der Waals surface area contributed by atoms with Crippen LogP contribution in [0, 0.1) is 17.0 Å². The van der Waals surface area contributed by atoms with Gasteiger partial charge in [-0.2, -0.15) is 5.10 Å². The number of ether oxygens (including phenoxy) is 1. The van der Waals surface area contributed by atoms with Gasteiger partial charge in [-0.05, 0) is 19.0 Å². The van der Waals surface area contributed by atoms with Crippen LogP contribution in [0.15, 0.2) is 6.07 Å². The summed E-state index contributed by atoms with van der Waals surface area (Å²) < 4.78 is 33.4. The molecule has 0 saturated heterocycles. The van der Waals surface area contributed by atoms with Crippen LogP contribution in [0.25, 0.3) is 11.3 Å². The molecule has 2 aromatic rings. The van der Waals surface area contributed by atoms with Gasteiger partial charge >= 0.3 is 5.69 Å². The molecule has 0 saturated carbocycles. The lowest BCUT2D eigenvalue weighted by molar-refractivity contribution is -0.384. The highest BCUT2D eigenvalue weighted by atomic mass is 35.5. The zero-order chi connectivity index (χ0) is 21.2. The number of nitrogens with two attached hydrogens (primary N) is 1. The molecule has 0 aromatic carbocycles. The molecule has 0 aliphatic carbocycles. The molecule has 8 nitrogen and oxygen atoms in total. The number of rotatable bonds is 8. The molecule has 0 aliphatic heterocycles. The van der Waals surface area contributed by atoms with Crippen molar-refractivity contribution in [1.29, 1.82) is 0 Å². The van der Waals surface area contributed by atoms with E-state index in [1.807, 2.05) is 0 Å². The summed E-state index contributed by atoms with van der Waals surface area (Å²) in [6, 6.07) is 2.11. The smallest absolute Gasteiger partial charge is 0.317 e. The van der Waals surface area contributed by atoms with E-state index in [0.717, 1.165) is 6.04 Å². The van der Waals surface area contributed by atoms with Gasteiger partial charge in [-0.1, -0.05) is 31.2 Å². The number of nitro groups is 1. The first-order chi connectivity index (χ1) is 12.9. The van der Waals surface area contributed by atoms with Crippen LogP contribution in [0.2, 0.25) is 30.8 Å². The van der Waals surface area contributed by atoms with E-state index in [1.165, 1.54) is 17.7 Å². The second kappa shape index (κ2) is 8.49. The summed E-state index contributed by atoms with van der Waals surface area (Å²) >= 11 is 5.86. The van der Waals surface area contributed by atoms with Crippen LogP contribution >= 0.6 is 11.6 Å². The first-order valence-corrected chi connectivity index (χ1v) is 12.5. The monoisotopic (exact) mass is 433 g/mol. The number of nitrogen functional groups attached to an aromatic ring is 1. The van der Waals surface area contributed by atoms with Crippen LogP contribution in [-0.4, -0.2) is 34.4 Å². The average Bonchev–Trinajstić information content (AvgIpc) is 2.88. The molecule has 154 valence electrons. The molecular formula is C16H22ClF2N5O3Si. The molecule has 0 amide bonds. The molecule has 12 heteroatoms. The lowest BCUT2D eigenvalue weighted by Crippen LogP contribution is -2.22. The summed E-state index contributed by atoms with van der Waals surface area (Å²) in [4.78, 5) is 14.5. The van der Waals surface area contributed by atoms with Crippen LogP contribution in [0.5, 0.6) is 0 Å². The normalized spacial score (nSPS) is 12.0. The Morgan fingerprint density at radius 1 is 1.43 bits per heavy atom. The molecule has 2 heterocycles. The Labute approximate surface area is 166 Å². The number of aryl methyl sites for hydroxylation is 1. The maximum atomic E-state index is 13.3. The maximum Gasteiger partial charge on any atom is 0.317 e. The minimum Gasteiger partial charge on any atom is -0.397 e. The summed E-state index contributed by atoms with van der Waals surface area (Å²) in [5.41, 5.74) is 4.42. The third-order valence-corrected chi connectivity index (χ3v) is 5.90. The quantitative estimate of drug-likeness (QED) is 0.213. The Hall–Kier alpha value is -2.11. The fourth-order valence-corrected chi connectivity index (χ4v) is 3.54. The van der Waals surface area contributed by atoms with Gasteiger partial charge in [0, 0.05) is 20.2 Å². The number of hydrogen-bond acceptors (Lipinski definition) is 6. The maximum absolute atomic E-state index is 13.3. The van der Waals surface area contributed by atoms with E-state index in [9.17, 15) is 18.9 Å². The van der Waals surface area contributed by atoms with Gasteiger partial charge in [0.05, 0.1) is 10.6 Å². The molecular weight excluding hydrogens is 412 g/mol. The fraction of sp³-hybridized carbons (Fsp3) is 0.500. The number of alkyl halides is 2. The second-order valence-electron chi connectivity index (χ2n) is 7.48. The average molecular weight is 434 g/mol. The number of pyridine rings is 1. The van der Waals surface area contributed by atoms with Gasteiger partial charge < -0.3 is 10.5 Å². The molecule has 0 radical (unpaired) electrons. The summed E-state index contributed by atoms with van der Waals surface area (Å²) in [7, 11) is -1.32.